The first kappa shape index (κ1) is 14.0. The van der Waals surface area contributed by atoms with Crippen molar-refractivity contribution in [3.63, 3.8) is 0 Å². The molecule has 5 heteroatoms. The number of nitrogens with two attached hydrogens (primary N) is 1. The van der Waals surface area contributed by atoms with Gasteiger partial charge in [0.1, 0.15) is 11.4 Å². The lowest BCUT2D eigenvalue weighted by atomic mass is 9.91. The Morgan fingerprint density at radius 3 is 2.50 bits per heavy atom. The largest absolute Gasteiger partial charge is 0.383 e. The van der Waals surface area contributed by atoms with Gasteiger partial charge in [0.05, 0.1) is 9.26 Å². The summed E-state index contributed by atoms with van der Waals surface area (Å²) in [7, 11) is 0. The van der Waals surface area contributed by atoms with Crippen LogP contribution < -0.4 is 5.73 Å². The zero-order chi connectivity index (χ0) is 13.6. The van der Waals surface area contributed by atoms with Crippen LogP contribution in [0.4, 0.5) is 5.82 Å². The standard InChI is InChI=1S/C13H20IN3O/c1-12(2,3)9-8(14)10(15)17-11(16-9)13(4)6-5-7-18-13/h5-7H2,1-4H3,(H2,15,16,17). The molecule has 18 heavy (non-hydrogen) atoms. The fraction of sp³-hybridized carbons (Fsp3) is 0.692. The van der Waals surface area contributed by atoms with Gasteiger partial charge in [0.2, 0.25) is 0 Å². The normalized spacial score (nSPS) is 24.5. The van der Waals surface area contributed by atoms with Gasteiger partial charge in [0, 0.05) is 12.0 Å². The number of aromatic nitrogens is 2. The van der Waals surface area contributed by atoms with Crippen LogP contribution in [-0.2, 0) is 15.8 Å². The summed E-state index contributed by atoms with van der Waals surface area (Å²) in [4.78, 5) is 9.17. The summed E-state index contributed by atoms with van der Waals surface area (Å²) in [5.41, 5.74) is 6.61. The van der Waals surface area contributed by atoms with Gasteiger partial charge in [-0.15, -0.1) is 0 Å². The molecule has 1 aliphatic rings. The second-order valence-electron chi connectivity index (χ2n) is 6.03. The van der Waals surface area contributed by atoms with Gasteiger partial charge in [-0.05, 0) is 42.4 Å². The number of rotatable bonds is 1. The Bertz CT molecular complexity index is 462. The molecule has 0 radical (unpaired) electrons. The molecule has 1 aromatic heterocycles. The molecule has 1 fully saturated rings. The Morgan fingerprint density at radius 2 is 2.00 bits per heavy atom. The number of ether oxygens (including phenoxy) is 1. The summed E-state index contributed by atoms with van der Waals surface area (Å²) in [5.74, 6) is 1.28. The molecule has 0 amide bonds. The average Bonchev–Trinajstić information content (AvgIpc) is 2.68. The maximum absolute atomic E-state index is 6.03. The molecular formula is C13H20IN3O. The highest BCUT2D eigenvalue weighted by Gasteiger charge is 2.36. The first-order valence-electron chi connectivity index (χ1n) is 6.22. The topological polar surface area (TPSA) is 61.0 Å². The molecule has 4 nitrogen and oxygen atoms in total. The molecule has 2 rings (SSSR count). The summed E-state index contributed by atoms with van der Waals surface area (Å²) < 4.78 is 6.76. The predicted molar refractivity (Wildman–Crippen MR) is 80.4 cm³/mol. The number of nitrogens with zero attached hydrogens (tertiary/aromatic N) is 2. The van der Waals surface area contributed by atoms with Crippen LogP contribution >= 0.6 is 22.6 Å². The van der Waals surface area contributed by atoms with Crippen LogP contribution in [-0.4, -0.2) is 16.6 Å². The lowest BCUT2D eigenvalue weighted by Crippen LogP contribution is -2.28. The predicted octanol–water partition coefficient (Wildman–Crippen LogP) is 2.99. The second kappa shape index (κ2) is 4.59. The lowest BCUT2D eigenvalue weighted by molar-refractivity contribution is 0.00910. The highest BCUT2D eigenvalue weighted by Crippen LogP contribution is 2.36. The van der Waals surface area contributed by atoms with E-state index in [0.717, 1.165) is 34.5 Å². The zero-order valence-corrected chi connectivity index (χ0v) is 13.5. The zero-order valence-electron chi connectivity index (χ0n) is 11.4. The highest BCUT2D eigenvalue weighted by atomic mass is 127. The van der Waals surface area contributed by atoms with Crippen LogP contribution in [0, 0.1) is 3.57 Å². The third kappa shape index (κ3) is 2.47. The highest BCUT2D eigenvalue weighted by molar-refractivity contribution is 14.1. The van der Waals surface area contributed by atoms with E-state index in [-0.39, 0.29) is 11.0 Å². The van der Waals surface area contributed by atoms with Crippen LogP contribution in [0.5, 0.6) is 0 Å². The van der Waals surface area contributed by atoms with Crippen LogP contribution in [0.15, 0.2) is 0 Å². The van der Waals surface area contributed by atoms with E-state index in [9.17, 15) is 0 Å². The van der Waals surface area contributed by atoms with E-state index in [0.29, 0.717) is 5.82 Å². The van der Waals surface area contributed by atoms with Crippen molar-refractivity contribution in [2.45, 2.75) is 51.6 Å². The molecule has 0 aromatic carbocycles. The van der Waals surface area contributed by atoms with E-state index in [1.807, 2.05) is 6.92 Å². The fourth-order valence-corrected chi connectivity index (χ4v) is 3.20. The molecule has 1 atom stereocenters. The van der Waals surface area contributed by atoms with Gasteiger partial charge in [-0.1, -0.05) is 20.8 Å². The first-order chi connectivity index (χ1) is 8.24. The van der Waals surface area contributed by atoms with Gasteiger partial charge < -0.3 is 10.5 Å². The Hall–Kier alpha value is -0.430. The lowest BCUT2D eigenvalue weighted by Gasteiger charge is -2.26. The Labute approximate surface area is 122 Å². The van der Waals surface area contributed by atoms with E-state index in [1.165, 1.54) is 0 Å². The minimum atomic E-state index is -0.377. The van der Waals surface area contributed by atoms with Crippen LogP contribution in [0.1, 0.15) is 52.1 Å². The number of anilines is 1. The van der Waals surface area contributed by atoms with Crippen molar-refractivity contribution in [2.75, 3.05) is 12.3 Å². The molecule has 1 unspecified atom stereocenters. The van der Waals surface area contributed by atoms with Crippen molar-refractivity contribution in [2.24, 2.45) is 0 Å². The molecular weight excluding hydrogens is 341 g/mol. The minimum Gasteiger partial charge on any atom is -0.383 e. The van der Waals surface area contributed by atoms with Gasteiger partial charge in [0.25, 0.3) is 0 Å². The third-order valence-corrected chi connectivity index (χ3v) is 4.34. The molecule has 0 bridgehead atoms. The molecule has 1 saturated heterocycles. The second-order valence-corrected chi connectivity index (χ2v) is 7.11. The van der Waals surface area contributed by atoms with E-state index in [4.69, 9.17) is 15.5 Å². The molecule has 100 valence electrons. The molecule has 1 aliphatic heterocycles. The van der Waals surface area contributed by atoms with Crippen LogP contribution in [0.3, 0.4) is 0 Å². The maximum atomic E-state index is 6.03. The average molecular weight is 361 g/mol. The molecule has 2 N–H and O–H groups in total. The Kier molecular flexibility index (Phi) is 3.57. The number of halogens is 1. The summed E-state index contributed by atoms with van der Waals surface area (Å²) >= 11 is 2.22. The summed E-state index contributed by atoms with van der Waals surface area (Å²) in [6.07, 6.45) is 2.01. The van der Waals surface area contributed by atoms with Crippen molar-refractivity contribution < 1.29 is 4.74 Å². The summed E-state index contributed by atoms with van der Waals surface area (Å²) in [5, 5.41) is 0. The quantitative estimate of drug-likeness (QED) is 0.782. The number of nitrogen functional groups attached to an aromatic ring is 1. The van der Waals surface area contributed by atoms with Gasteiger partial charge in [0.15, 0.2) is 5.82 Å². The van der Waals surface area contributed by atoms with Crippen molar-refractivity contribution in [1.29, 1.82) is 0 Å². The summed E-state index contributed by atoms with van der Waals surface area (Å²) in [6, 6.07) is 0. The molecule has 0 saturated carbocycles. The molecule has 1 aromatic rings. The Balaban J connectivity index is 2.54. The molecule has 0 aliphatic carbocycles. The van der Waals surface area contributed by atoms with Crippen LogP contribution in [0.25, 0.3) is 0 Å². The maximum Gasteiger partial charge on any atom is 0.162 e. The SMILES string of the molecule is CC(C)(C)c1nc(C2(C)CCCO2)nc(N)c1I. The number of hydrogen-bond acceptors (Lipinski definition) is 4. The smallest absolute Gasteiger partial charge is 0.162 e. The third-order valence-electron chi connectivity index (χ3n) is 3.28. The van der Waals surface area contributed by atoms with E-state index < -0.39 is 0 Å². The summed E-state index contributed by atoms with van der Waals surface area (Å²) in [6.45, 7) is 9.24. The monoisotopic (exact) mass is 361 g/mol. The molecule has 0 spiro atoms. The molecule has 2 heterocycles. The fourth-order valence-electron chi connectivity index (χ4n) is 2.15. The number of hydrogen-bond donors (Lipinski definition) is 1. The van der Waals surface area contributed by atoms with Crippen molar-refractivity contribution >= 4 is 28.4 Å². The van der Waals surface area contributed by atoms with Gasteiger partial charge in [-0.25, -0.2) is 9.97 Å². The van der Waals surface area contributed by atoms with E-state index in [1.54, 1.807) is 0 Å². The van der Waals surface area contributed by atoms with Crippen molar-refractivity contribution in [1.82, 2.24) is 9.97 Å². The van der Waals surface area contributed by atoms with Gasteiger partial charge in [-0.3, -0.25) is 0 Å². The van der Waals surface area contributed by atoms with Crippen LogP contribution in [0.2, 0.25) is 0 Å². The van der Waals surface area contributed by atoms with Gasteiger partial charge >= 0.3 is 0 Å². The van der Waals surface area contributed by atoms with Gasteiger partial charge in [-0.2, -0.15) is 0 Å². The van der Waals surface area contributed by atoms with Crippen molar-refractivity contribution in [3.05, 3.63) is 15.1 Å². The van der Waals surface area contributed by atoms with E-state index in [2.05, 4.69) is 48.3 Å². The Morgan fingerprint density at radius 1 is 1.33 bits per heavy atom. The van der Waals surface area contributed by atoms with Crippen molar-refractivity contribution in [3.8, 4) is 0 Å². The minimum absolute atomic E-state index is 0.0443. The first-order valence-corrected chi connectivity index (χ1v) is 7.30. The van der Waals surface area contributed by atoms with E-state index >= 15 is 0 Å².